The highest BCUT2D eigenvalue weighted by molar-refractivity contribution is 6.60. The van der Waals surface area contributed by atoms with Crippen LogP contribution in [0.4, 0.5) is 0 Å². The summed E-state index contributed by atoms with van der Waals surface area (Å²) in [6.45, 7) is 44.4. The predicted octanol–water partition coefficient (Wildman–Crippen LogP) is 13.5. The molecule has 7 heteroatoms. The Morgan fingerprint density at radius 2 is 1.05 bits per heavy atom. The van der Waals surface area contributed by atoms with Crippen LogP contribution in [-0.4, -0.2) is 41.1 Å². The number of amides is 1. The fourth-order valence-electron chi connectivity index (χ4n) is 9.52. The first-order valence-corrected chi connectivity index (χ1v) is 24.7. The molecular formula is C48H90ClNO4Si. The zero-order valence-corrected chi connectivity index (χ0v) is 41.3. The summed E-state index contributed by atoms with van der Waals surface area (Å²) in [5.41, 5.74) is 1.12. The second-order valence-electron chi connectivity index (χ2n) is 19.2. The number of hydrogen-bond donors (Lipinski definition) is 1. The van der Waals surface area contributed by atoms with Gasteiger partial charge in [-0.15, -0.1) is 11.6 Å². The molecule has 322 valence electrons. The van der Waals surface area contributed by atoms with Gasteiger partial charge in [-0.25, -0.2) is 0 Å². The molecule has 1 aromatic rings. The summed E-state index contributed by atoms with van der Waals surface area (Å²) in [6, 6.07) is 8.08. The van der Waals surface area contributed by atoms with Crippen LogP contribution >= 0.6 is 11.6 Å². The van der Waals surface area contributed by atoms with Crippen LogP contribution in [-0.2, 0) is 19.2 Å². The molecule has 0 saturated carbocycles. The summed E-state index contributed by atoms with van der Waals surface area (Å²) in [5.74, 6) is 8.47. The SMILES string of the molecule is CCC(C)C(C)C(C)C(C)C(C)C(C)(O[Si](CCCNC(=O)c1ccc(CCl)cc1)(OC)OC)C(C)C(C)C(C)C(C)C(C)C(C)C(C)C(C)C(C)C(C)C. The summed E-state index contributed by atoms with van der Waals surface area (Å²) in [6.07, 6.45) is 1.88. The van der Waals surface area contributed by atoms with E-state index >= 15 is 0 Å². The first-order chi connectivity index (χ1) is 25.5. The van der Waals surface area contributed by atoms with Gasteiger partial charge in [0, 0.05) is 38.3 Å². The predicted molar refractivity (Wildman–Crippen MR) is 240 cm³/mol. The lowest BCUT2D eigenvalue weighted by Gasteiger charge is -2.52. The number of carbonyl (C=O) groups excluding carboxylic acids is 1. The molecule has 1 N–H and O–H groups in total. The van der Waals surface area contributed by atoms with Crippen LogP contribution in [0.25, 0.3) is 0 Å². The Labute approximate surface area is 348 Å². The first kappa shape index (κ1) is 52.1. The monoisotopic (exact) mass is 808 g/mol. The number of carbonyl (C=O) groups is 1. The van der Waals surface area contributed by atoms with Crippen LogP contribution in [0.2, 0.25) is 6.04 Å². The Hall–Kier alpha value is -0.923. The van der Waals surface area contributed by atoms with Gasteiger partial charge in [0.1, 0.15) is 0 Å². The minimum absolute atomic E-state index is 0.0896. The van der Waals surface area contributed by atoms with Crippen molar-refractivity contribution < 1.29 is 18.1 Å². The molecule has 0 bridgehead atoms. The van der Waals surface area contributed by atoms with Crippen molar-refractivity contribution in [2.45, 2.75) is 155 Å². The van der Waals surface area contributed by atoms with Crippen molar-refractivity contribution in [2.75, 3.05) is 20.8 Å². The zero-order valence-electron chi connectivity index (χ0n) is 39.5. The molecule has 1 amide bonds. The zero-order chi connectivity index (χ0) is 42.6. The fourth-order valence-corrected chi connectivity index (χ4v) is 12.2. The maximum absolute atomic E-state index is 13.0. The van der Waals surface area contributed by atoms with E-state index in [0.29, 0.717) is 107 Å². The van der Waals surface area contributed by atoms with Crippen LogP contribution in [0.3, 0.4) is 0 Å². The molecule has 0 aliphatic heterocycles. The summed E-state index contributed by atoms with van der Waals surface area (Å²) in [5, 5.41) is 3.10. The lowest BCUT2D eigenvalue weighted by molar-refractivity contribution is -0.115. The van der Waals surface area contributed by atoms with Gasteiger partial charge in [-0.1, -0.05) is 136 Å². The van der Waals surface area contributed by atoms with Gasteiger partial charge in [-0.3, -0.25) is 4.79 Å². The summed E-state index contributed by atoms with van der Waals surface area (Å²) >= 11 is 5.95. The van der Waals surface area contributed by atoms with Crippen molar-refractivity contribution in [1.29, 1.82) is 0 Å². The van der Waals surface area contributed by atoms with Crippen molar-refractivity contribution in [1.82, 2.24) is 5.32 Å². The number of rotatable bonds is 26. The second kappa shape index (κ2) is 23.6. The van der Waals surface area contributed by atoms with Gasteiger partial charge < -0.3 is 18.6 Å². The first-order valence-electron chi connectivity index (χ1n) is 22.3. The van der Waals surface area contributed by atoms with Crippen molar-refractivity contribution in [3.63, 3.8) is 0 Å². The molecule has 0 aliphatic rings. The molecule has 0 spiro atoms. The van der Waals surface area contributed by atoms with Gasteiger partial charge in [0.2, 0.25) is 0 Å². The minimum atomic E-state index is -3.17. The van der Waals surface area contributed by atoms with Crippen molar-refractivity contribution in [3.05, 3.63) is 35.4 Å². The van der Waals surface area contributed by atoms with Crippen molar-refractivity contribution in [2.24, 2.45) is 88.8 Å². The molecule has 15 unspecified atom stereocenters. The molecule has 0 radical (unpaired) electrons. The van der Waals surface area contributed by atoms with E-state index in [1.165, 1.54) is 6.42 Å². The Morgan fingerprint density at radius 1 is 0.655 bits per heavy atom. The number of benzene rings is 1. The smallest absolute Gasteiger partial charge is 0.377 e. The van der Waals surface area contributed by atoms with E-state index in [4.69, 9.17) is 24.9 Å². The summed E-state index contributed by atoms with van der Waals surface area (Å²) in [4.78, 5) is 13.0. The third-order valence-electron chi connectivity index (χ3n) is 16.8. The number of alkyl halides is 1. The van der Waals surface area contributed by atoms with Crippen molar-refractivity contribution in [3.8, 4) is 0 Å². The highest BCUT2D eigenvalue weighted by atomic mass is 35.5. The van der Waals surface area contributed by atoms with Crippen LogP contribution in [0.5, 0.6) is 0 Å². The Bertz CT molecular complexity index is 1220. The number of nitrogens with one attached hydrogen (secondary N) is 1. The van der Waals surface area contributed by atoms with Crippen molar-refractivity contribution >= 4 is 26.3 Å². The summed E-state index contributed by atoms with van der Waals surface area (Å²) < 4.78 is 20.3. The van der Waals surface area contributed by atoms with Gasteiger partial charge >= 0.3 is 8.80 Å². The lowest BCUT2D eigenvalue weighted by Crippen LogP contribution is -2.59. The Morgan fingerprint density at radius 3 is 1.44 bits per heavy atom. The largest absolute Gasteiger partial charge is 0.500 e. The van der Waals surface area contributed by atoms with E-state index in [9.17, 15) is 4.79 Å². The molecular weight excluding hydrogens is 718 g/mol. The van der Waals surface area contributed by atoms with Crippen LogP contribution in [0, 0.1) is 88.8 Å². The van der Waals surface area contributed by atoms with Crippen LogP contribution in [0.15, 0.2) is 24.3 Å². The standard InChI is InChI=1S/C48H90ClNO4Si/c1-21-31(4)33(6)35(8)41(14)43(16)48(18,44(17)42(15)40(13)39(12)38(11)37(10)36(9)34(7)32(5)30(2)3)54-55(52-19,53-20)28-22-27-50-47(51)46-25-23-45(29-49)24-26-46/h23-26,30-44H,21-22,27-29H2,1-20H3,(H,50,51). The molecule has 0 fully saturated rings. The Balaban J connectivity index is 3.45. The highest BCUT2D eigenvalue weighted by Gasteiger charge is 2.53. The Kier molecular flexibility index (Phi) is 22.4. The summed E-state index contributed by atoms with van der Waals surface area (Å²) in [7, 11) is 0.332. The minimum Gasteiger partial charge on any atom is -0.377 e. The third-order valence-corrected chi connectivity index (χ3v) is 20.0. The maximum Gasteiger partial charge on any atom is 0.500 e. The topological polar surface area (TPSA) is 56.8 Å². The highest BCUT2D eigenvalue weighted by Crippen LogP contribution is 2.48. The average Bonchev–Trinajstić information content (AvgIpc) is 3.20. The van der Waals surface area contributed by atoms with E-state index in [-0.39, 0.29) is 17.7 Å². The molecule has 1 rings (SSSR count). The van der Waals surface area contributed by atoms with E-state index in [0.717, 1.165) is 5.56 Å². The van der Waals surface area contributed by atoms with E-state index in [1.807, 2.05) is 24.3 Å². The van der Waals surface area contributed by atoms with Gasteiger partial charge in [-0.05, 0) is 120 Å². The molecule has 55 heavy (non-hydrogen) atoms. The third kappa shape index (κ3) is 13.6. The van der Waals surface area contributed by atoms with E-state index in [2.05, 4.69) is 130 Å². The van der Waals surface area contributed by atoms with Crippen LogP contribution in [0.1, 0.15) is 153 Å². The van der Waals surface area contributed by atoms with E-state index < -0.39 is 14.4 Å². The number of hydrogen-bond acceptors (Lipinski definition) is 4. The molecule has 5 nitrogen and oxygen atoms in total. The van der Waals surface area contributed by atoms with Gasteiger partial charge in [0.15, 0.2) is 0 Å². The average molecular weight is 809 g/mol. The lowest BCUT2D eigenvalue weighted by atomic mass is 9.61. The molecule has 0 aromatic heterocycles. The molecule has 0 aliphatic carbocycles. The van der Waals surface area contributed by atoms with Gasteiger partial charge in [0.05, 0.1) is 5.60 Å². The maximum atomic E-state index is 13.0. The quantitative estimate of drug-likeness (QED) is 0.0575. The molecule has 0 saturated heterocycles. The van der Waals surface area contributed by atoms with Gasteiger partial charge in [0.25, 0.3) is 5.91 Å². The molecule has 15 atom stereocenters. The second-order valence-corrected chi connectivity index (χ2v) is 22.4. The number of halogens is 1. The molecule has 1 aromatic carbocycles. The fraction of sp³-hybridized carbons (Fsp3) is 0.854. The van der Waals surface area contributed by atoms with E-state index in [1.54, 1.807) is 14.2 Å². The van der Waals surface area contributed by atoms with Gasteiger partial charge in [-0.2, -0.15) is 0 Å². The van der Waals surface area contributed by atoms with Crippen LogP contribution < -0.4 is 5.32 Å². The normalized spacial score (nSPS) is 21.5. The molecule has 0 heterocycles.